The molecule has 0 radical (unpaired) electrons. The second-order valence-electron chi connectivity index (χ2n) is 4.22. The predicted octanol–water partition coefficient (Wildman–Crippen LogP) is 5.71. The van der Waals surface area contributed by atoms with Crippen molar-refractivity contribution in [2.45, 2.75) is 36.8 Å². The molecular weight excluding hydrogens is 326 g/mol. The molecule has 4 heteroatoms. The maximum absolute atomic E-state index is 4.70. The SMILES string of the molecule is CCC(C)c1csc(CSc2ccc(Br)cc2)n1. The van der Waals surface area contributed by atoms with Crippen LogP contribution in [0.3, 0.4) is 0 Å². The van der Waals surface area contributed by atoms with Crippen LogP contribution in [-0.4, -0.2) is 4.98 Å². The standard InChI is InChI=1S/C14H16BrNS2/c1-3-10(2)13-8-18-14(16-13)9-17-12-6-4-11(15)5-7-12/h4-8,10H,3,9H2,1-2H3. The van der Waals surface area contributed by atoms with Gasteiger partial charge in [0.05, 0.1) is 11.4 Å². The van der Waals surface area contributed by atoms with Crippen molar-refractivity contribution in [1.29, 1.82) is 0 Å². The lowest BCUT2D eigenvalue weighted by molar-refractivity contribution is 0.711. The third-order valence-corrected chi connectivity index (χ3v) is 5.46. The van der Waals surface area contributed by atoms with Crippen LogP contribution in [0, 0.1) is 0 Å². The van der Waals surface area contributed by atoms with E-state index in [1.807, 2.05) is 11.8 Å². The van der Waals surface area contributed by atoms with Crippen LogP contribution < -0.4 is 0 Å². The van der Waals surface area contributed by atoms with Crippen molar-refractivity contribution in [3.63, 3.8) is 0 Å². The minimum Gasteiger partial charge on any atom is -0.245 e. The molecule has 0 amide bonds. The molecular formula is C14H16BrNS2. The molecule has 1 aromatic carbocycles. The zero-order valence-corrected chi connectivity index (χ0v) is 13.7. The number of halogens is 1. The Hall–Kier alpha value is -0.320. The Labute approximate surface area is 125 Å². The largest absolute Gasteiger partial charge is 0.245 e. The highest BCUT2D eigenvalue weighted by Gasteiger charge is 2.08. The summed E-state index contributed by atoms with van der Waals surface area (Å²) in [6.07, 6.45) is 1.16. The van der Waals surface area contributed by atoms with E-state index in [1.165, 1.54) is 15.6 Å². The van der Waals surface area contributed by atoms with Crippen molar-refractivity contribution in [3.05, 3.63) is 44.8 Å². The first-order valence-corrected chi connectivity index (χ1v) is 8.67. The fourth-order valence-corrected chi connectivity index (χ4v) is 3.60. The molecule has 1 unspecified atom stereocenters. The maximum Gasteiger partial charge on any atom is 0.103 e. The van der Waals surface area contributed by atoms with Crippen molar-refractivity contribution in [2.24, 2.45) is 0 Å². The molecule has 0 aliphatic rings. The Morgan fingerprint density at radius 2 is 2.06 bits per heavy atom. The third-order valence-electron chi connectivity index (χ3n) is 2.86. The number of thioether (sulfide) groups is 1. The highest BCUT2D eigenvalue weighted by molar-refractivity contribution is 9.10. The molecule has 0 aliphatic carbocycles. The van der Waals surface area contributed by atoms with Crippen molar-refractivity contribution in [1.82, 2.24) is 4.98 Å². The number of benzene rings is 1. The van der Waals surface area contributed by atoms with Crippen LogP contribution in [0.2, 0.25) is 0 Å². The van der Waals surface area contributed by atoms with Gasteiger partial charge >= 0.3 is 0 Å². The topological polar surface area (TPSA) is 12.9 Å². The van der Waals surface area contributed by atoms with Crippen LogP contribution in [0.25, 0.3) is 0 Å². The van der Waals surface area contributed by atoms with Gasteiger partial charge in [0.1, 0.15) is 5.01 Å². The van der Waals surface area contributed by atoms with Crippen molar-refractivity contribution in [3.8, 4) is 0 Å². The lowest BCUT2D eigenvalue weighted by Gasteiger charge is -2.02. The highest BCUT2D eigenvalue weighted by atomic mass is 79.9. The fraction of sp³-hybridized carbons (Fsp3) is 0.357. The second kappa shape index (κ2) is 6.73. The average molecular weight is 342 g/mol. The molecule has 0 aliphatic heterocycles. The van der Waals surface area contributed by atoms with Gasteiger partial charge in [0.15, 0.2) is 0 Å². The van der Waals surface area contributed by atoms with Gasteiger partial charge in [0, 0.05) is 14.7 Å². The third kappa shape index (κ3) is 3.84. The molecule has 0 bridgehead atoms. The summed E-state index contributed by atoms with van der Waals surface area (Å²) in [6, 6.07) is 8.43. The summed E-state index contributed by atoms with van der Waals surface area (Å²) >= 11 is 7.07. The van der Waals surface area contributed by atoms with Gasteiger partial charge < -0.3 is 0 Å². The molecule has 0 saturated heterocycles. The molecule has 1 nitrogen and oxygen atoms in total. The Morgan fingerprint density at radius 1 is 1.33 bits per heavy atom. The quantitative estimate of drug-likeness (QED) is 0.645. The zero-order valence-electron chi connectivity index (χ0n) is 10.5. The summed E-state index contributed by atoms with van der Waals surface area (Å²) in [5, 5.41) is 3.42. The summed E-state index contributed by atoms with van der Waals surface area (Å²) in [6.45, 7) is 4.45. The minimum atomic E-state index is 0.577. The van der Waals surface area contributed by atoms with Crippen LogP contribution in [0.4, 0.5) is 0 Å². The Balaban J connectivity index is 1.94. The number of hydrogen-bond acceptors (Lipinski definition) is 3. The van der Waals surface area contributed by atoms with Gasteiger partial charge in [-0.3, -0.25) is 0 Å². The Kier molecular flexibility index (Phi) is 5.27. The van der Waals surface area contributed by atoms with E-state index in [0.29, 0.717) is 5.92 Å². The maximum atomic E-state index is 4.70. The highest BCUT2D eigenvalue weighted by Crippen LogP contribution is 2.27. The van der Waals surface area contributed by atoms with Gasteiger partial charge in [0.2, 0.25) is 0 Å². The van der Waals surface area contributed by atoms with Gasteiger partial charge in [-0.2, -0.15) is 0 Å². The number of nitrogens with zero attached hydrogens (tertiary/aromatic N) is 1. The molecule has 0 N–H and O–H groups in total. The van der Waals surface area contributed by atoms with E-state index in [9.17, 15) is 0 Å². The van der Waals surface area contributed by atoms with E-state index >= 15 is 0 Å². The molecule has 0 fully saturated rings. The van der Waals surface area contributed by atoms with E-state index in [4.69, 9.17) is 4.98 Å². The summed E-state index contributed by atoms with van der Waals surface area (Å²) in [7, 11) is 0. The molecule has 2 rings (SSSR count). The number of rotatable bonds is 5. The van der Waals surface area contributed by atoms with Crippen LogP contribution in [0.15, 0.2) is 39.0 Å². The van der Waals surface area contributed by atoms with E-state index in [1.54, 1.807) is 11.3 Å². The summed E-state index contributed by atoms with van der Waals surface area (Å²) in [5.74, 6) is 1.54. The lowest BCUT2D eigenvalue weighted by atomic mass is 10.1. The molecule has 2 aromatic rings. The molecule has 1 aromatic heterocycles. The van der Waals surface area contributed by atoms with Crippen molar-refractivity contribution < 1.29 is 0 Å². The molecule has 1 atom stereocenters. The first kappa shape index (κ1) is 14.1. The van der Waals surface area contributed by atoms with Gasteiger partial charge in [-0.1, -0.05) is 29.8 Å². The van der Waals surface area contributed by atoms with E-state index < -0.39 is 0 Å². The van der Waals surface area contributed by atoms with Crippen molar-refractivity contribution in [2.75, 3.05) is 0 Å². The van der Waals surface area contributed by atoms with E-state index in [-0.39, 0.29) is 0 Å². The Morgan fingerprint density at radius 3 is 2.72 bits per heavy atom. The fourth-order valence-electron chi connectivity index (χ4n) is 1.50. The van der Waals surface area contributed by atoms with Crippen molar-refractivity contribution >= 4 is 39.0 Å². The monoisotopic (exact) mass is 341 g/mol. The summed E-state index contributed by atoms with van der Waals surface area (Å²) < 4.78 is 1.13. The molecule has 1 heterocycles. The lowest BCUT2D eigenvalue weighted by Crippen LogP contribution is -1.91. The molecule has 96 valence electrons. The predicted molar refractivity (Wildman–Crippen MR) is 84.5 cm³/mol. The number of hydrogen-bond donors (Lipinski definition) is 0. The zero-order chi connectivity index (χ0) is 13.0. The molecule has 0 spiro atoms. The Bertz CT molecular complexity index is 493. The second-order valence-corrected chi connectivity index (χ2v) is 7.13. The first-order valence-electron chi connectivity index (χ1n) is 6.01. The average Bonchev–Trinajstić information content (AvgIpc) is 2.86. The summed E-state index contributed by atoms with van der Waals surface area (Å²) in [4.78, 5) is 5.99. The minimum absolute atomic E-state index is 0.577. The molecule has 18 heavy (non-hydrogen) atoms. The normalized spacial score (nSPS) is 12.6. The smallest absolute Gasteiger partial charge is 0.103 e. The number of thiazole rings is 1. The van der Waals surface area contributed by atoms with Gasteiger partial charge in [-0.15, -0.1) is 23.1 Å². The van der Waals surface area contributed by atoms with Crippen LogP contribution in [0.1, 0.15) is 36.9 Å². The van der Waals surface area contributed by atoms with Gasteiger partial charge in [-0.25, -0.2) is 4.98 Å². The summed E-state index contributed by atoms with van der Waals surface area (Å²) in [5.41, 5.74) is 1.24. The van der Waals surface area contributed by atoms with E-state index in [2.05, 4.69) is 59.4 Å². The van der Waals surface area contributed by atoms with Crippen LogP contribution in [0.5, 0.6) is 0 Å². The first-order chi connectivity index (χ1) is 8.69. The molecule has 0 saturated carbocycles. The van der Waals surface area contributed by atoms with Gasteiger partial charge in [0.25, 0.3) is 0 Å². The van der Waals surface area contributed by atoms with E-state index in [0.717, 1.165) is 16.6 Å². The van der Waals surface area contributed by atoms with Crippen LogP contribution in [-0.2, 0) is 5.75 Å². The van der Waals surface area contributed by atoms with Crippen LogP contribution >= 0.6 is 39.0 Å². The van der Waals surface area contributed by atoms with Gasteiger partial charge in [-0.05, 0) is 36.6 Å². The number of aromatic nitrogens is 1.